The Hall–Kier alpha value is -4.09. The first-order chi connectivity index (χ1) is 21.6. The van der Waals surface area contributed by atoms with Crippen LogP contribution < -0.4 is 29.7 Å². The first-order valence-corrected chi connectivity index (χ1v) is 16.4. The van der Waals surface area contributed by atoms with Gasteiger partial charge in [-0.1, -0.05) is 25.4 Å². The van der Waals surface area contributed by atoms with Gasteiger partial charge in [-0.25, -0.2) is 31.7 Å². The molecule has 0 aliphatic rings. The van der Waals surface area contributed by atoms with E-state index in [1.807, 2.05) is 13.8 Å². The fourth-order valence-electron chi connectivity index (χ4n) is 4.73. The van der Waals surface area contributed by atoms with Gasteiger partial charge in [0.05, 0.1) is 31.5 Å². The van der Waals surface area contributed by atoms with Crippen LogP contribution in [0.5, 0.6) is 11.5 Å². The Labute approximate surface area is 275 Å². The number of rotatable bonds is 16. The molecule has 3 rings (SSSR count). The van der Waals surface area contributed by atoms with Gasteiger partial charge in [-0.3, -0.25) is 0 Å². The predicted octanol–water partition coefficient (Wildman–Crippen LogP) is 5.11. The number of carboxylic acid groups (broad SMARTS) is 2. The van der Waals surface area contributed by atoms with Gasteiger partial charge in [0, 0.05) is 42.3 Å². The molecule has 18 heteroatoms. The molecule has 0 spiro atoms. The third kappa shape index (κ3) is 9.46. The van der Waals surface area contributed by atoms with E-state index in [0.717, 1.165) is 28.0 Å². The average molecular weight is 703 g/mol. The van der Waals surface area contributed by atoms with Crippen LogP contribution in [0, 0.1) is 17.2 Å². The van der Waals surface area contributed by atoms with Crippen LogP contribution in [0.4, 0.5) is 24.8 Å². The second kappa shape index (κ2) is 15.5. The molecule has 0 fully saturated rings. The fourth-order valence-corrected chi connectivity index (χ4v) is 7.23. The molecule has 14 nitrogen and oxygen atoms in total. The molecule has 0 radical (unpaired) electrons. The number of aromatic nitrogens is 2. The molecule has 5 N–H and O–H groups in total. The van der Waals surface area contributed by atoms with Crippen molar-refractivity contribution in [1.29, 1.82) is 0 Å². The number of carbonyl (C=O) groups is 2. The van der Waals surface area contributed by atoms with E-state index in [1.54, 1.807) is 25.1 Å². The average Bonchev–Trinajstić information content (AvgIpc) is 3.52. The van der Waals surface area contributed by atoms with E-state index in [-0.39, 0.29) is 35.5 Å². The van der Waals surface area contributed by atoms with Crippen LogP contribution in [0.2, 0.25) is 5.02 Å². The van der Waals surface area contributed by atoms with Crippen LogP contribution >= 0.6 is 23.1 Å². The molecule has 2 unspecified atom stereocenters. The normalized spacial score (nSPS) is 12.9. The van der Waals surface area contributed by atoms with Crippen LogP contribution in [0.1, 0.15) is 32.8 Å². The Morgan fingerprint density at radius 2 is 1.87 bits per heavy atom. The maximum atomic E-state index is 15.7. The summed E-state index contributed by atoms with van der Waals surface area (Å²) in [4.78, 5) is 25.7. The molecule has 1 heterocycles. The highest BCUT2D eigenvalue weighted by molar-refractivity contribution is 7.93. The molecule has 0 saturated heterocycles. The zero-order chi connectivity index (χ0) is 34.2. The van der Waals surface area contributed by atoms with Gasteiger partial charge in [0.15, 0.2) is 0 Å². The van der Waals surface area contributed by atoms with Crippen molar-refractivity contribution in [2.24, 2.45) is 11.3 Å². The molecule has 0 aliphatic heterocycles. The molecular weight excluding hydrogens is 667 g/mol. The lowest BCUT2D eigenvalue weighted by Crippen LogP contribution is -2.43. The van der Waals surface area contributed by atoms with E-state index in [1.165, 1.54) is 20.5 Å². The monoisotopic (exact) mass is 702 g/mol. The molecule has 46 heavy (non-hydrogen) atoms. The Balaban J connectivity index is 1.92. The maximum absolute atomic E-state index is 15.7. The van der Waals surface area contributed by atoms with Crippen molar-refractivity contribution in [3.8, 4) is 11.5 Å². The highest BCUT2D eigenvalue weighted by atomic mass is 35.5. The summed E-state index contributed by atoms with van der Waals surface area (Å²) in [6.07, 6.45) is -0.894. The van der Waals surface area contributed by atoms with Crippen LogP contribution in [0.3, 0.4) is 0 Å². The highest BCUT2D eigenvalue weighted by Crippen LogP contribution is 2.35. The molecule has 2 atom stereocenters. The summed E-state index contributed by atoms with van der Waals surface area (Å²) in [5, 5.41) is 25.9. The molecule has 2 aromatic carbocycles. The maximum Gasteiger partial charge on any atom is 0.404 e. The van der Waals surface area contributed by atoms with E-state index >= 15 is 4.39 Å². The number of methoxy groups -OCH3 is 2. The van der Waals surface area contributed by atoms with Crippen molar-refractivity contribution in [3.05, 3.63) is 53.1 Å². The van der Waals surface area contributed by atoms with Crippen molar-refractivity contribution in [1.82, 2.24) is 20.0 Å². The number of anilines is 2. The van der Waals surface area contributed by atoms with Crippen LogP contribution in [-0.4, -0.2) is 73.5 Å². The minimum absolute atomic E-state index is 0.0154. The third-order valence-electron chi connectivity index (χ3n) is 7.11. The summed E-state index contributed by atoms with van der Waals surface area (Å²) in [6, 6.07) is 6.18. The van der Waals surface area contributed by atoms with E-state index < -0.39 is 50.3 Å². The minimum Gasteiger partial charge on any atom is -0.497 e. The van der Waals surface area contributed by atoms with Crippen LogP contribution in [-0.2, 0) is 16.6 Å². The number of hydrogen-bond donors (Lipinski definition) is 5. The van der Waals surface area contributed by atoms with Crippen molar-refractivity contribution in [2.45, 2.75) is 44.7 Å². The second-order valence-electron chi connectivity index (χ2n) is 11.1. The lowest BCUT2D eigenvalue weighted by atomic mass is 9.80. The number of amides is 2. The predicted molar refractivity (Wildman–Crippen MR) is 171 cm³/mol. The van der Waals surface area contributed by atoms with Crippen molar-refractivity contribution >= 4 is 56.2 Å². The minimum atomic E-state index is -4.59. The summed E-state index contributed by atoms with van der Waals surface area (Å²) in [5.41, 5.74) is -0.0535. The number of halogens is 2. The summed E-state index contributed by atoms with van der Waals surface area (Å²) in [7, 11) is -1.69. The van der Waals surface area contributed by atoms with Gasteiger partial charge < -0.3 is 35.6 Å². The quantitative estimate of drug-likeness (QED) is 0.133. The summed E-state index contributed by atoms with van der Waals surface area (Å²) >= 11 is 7.29. The SMILES string of the molecule is COc1ccc(CN(c2ncns2)S(=O)(=O)c2cc(Cl)c(NCC(CC(C)(C)CNC(=O)O)C(C)NC(=O)O)cc2F)c(OC)c1. The first-order valence-electron chi connectivity index (χ1n) is 13.8. The number of nitrogens with zero attached hydrogens (tertiary/aromatic N) is 3. The van der Waals surface area contributed by atoms with Gasteiger partial charge in [-0.05, 0) is 48.9 Å². The molecule has 0 saturated carbocycles. The van der Waals surface area contributed by atoms with Gasteiger partial charge in [0.1, 0.15) is 28.5 Å². The fraction of sp³-hybridized carbons (Fsp3) is 0.429. The third-order valence-corrected chi connectivity index (χ3v) is 9.97. The molecule has 1 aromatic heterocycles. The van der Waals surface area contributed by atoms with Crippen LogP contribution in [0.25, 0.3) is 0 Å². The van der Waals surface area contributed by atoms with Gasteiger partial charge in [0.25, 0.3) is 10.0 Å². The second-order valence-corrected chi connectivity index (χ2v) is 14.1. The first kappa shape index (κ1) is 36.4. The van der Waals surface area contributed by atoms with E-state index in [2.05, 4.69) is 25.3 Å². The highest BCUT2D eigenvalue weighted by Gasteiger charge is 2.33. The largest absolute Gasteiger partial charge is 0.497 e. The lowest BCUT2D eigenvalue weighted by molar-refractivity contribution is 0.172. The van der Waals surface area contributed by atoms with Gasteiger partial charge in [0.2, 0.25) is 5.13 Å². The molecule has 252 valence electrons. The van der Waals surface area contributed by atoms with E-state index in [9.17, 15) is 23.1 Å². The van der Waals surface area contributed by atoms with Crippen molar-refractivity contribution in [2.75, 3.05) is 36.9 Å². The van der Waals surface area contributed by atoms with Crippen molar-refractivity contribution < 1.29 is 42.1 Å². The van der Waals surface area contributed by atoms with Gasteiger partial charge in [-0.2, -0.15) is 4.37 Å². The standard InChI is InChI=1S/C28H36ClFN6O8S2/c1-16(35-27(39)40)18(11-28(2,3)14-32-26(37)38)12-31-22-10-21(30)24(9-20(22)29)46(41,42)36(25-33-15-34-45-25)13-17-6-7-19(43-4)8-23(17)44-5/h6-10,15-16,18,31-32,35H,11-14H2,1-5H3,(H,37,38)(H,39,40). The van der Waals surface area contributed by atoms with Gasteiger partial charge >= 0.3 is 12.2 Å². The molecular formula is C28H36ClFN6O8S2. The van der Waals surface area contributed by atoms with Crippen molar-refractivity contribution in [3.63, 3.8) is 0 Å². The zero-order valence-electron chi connectivity index (χ0n) is 25.7. The Morgan fingerprint density at radius 1 is 1.15 bits per heavy atom. The number of sulfonamides is 1. The molecule has 0 bridgehead atoms. The van der Waals surface area contributed by atoms with Crippen LogP contribution in [0.15, 0.2) is 41.6 Å². The number of hydrogen-bond acceptors (Lipinski definition) is 10. The lowest BCUT2D eigenvalue weighted by Gasteiger charge is -2.33. The number of nitrogens with one attached hydrogen (secondary N) is 3. The molecule has 0 aliphatic carbocycles. The Bertz CT molecular complexity index is 1630. The van der Waals surface area contributed by atoms with Gasteiger partial charge in [-0.15, -0.1) is 0 Å². The zero-order valence-corrected chi connectivity index (χ0v) is 28.1. The number of ether oxygens (including phenoxy) is 2. The summed E-state index contributed by atoms with van der Waals surface area (Å²) < 4.78 is 59.0. The summed E-state index contributed by atoms with van der Waals surface area (Å²) in [5.74, 6) is -0.674. The Kier molecular flexibility index (Phi) is 12.2. The molecule has 2 amide bonds. The summed E-state index contributed by atoms with van der Waals surface area (Å²) in [6.45, 7) is 5.22. The number of benzene rings is 2. The smallest absolute Gasteiger partial charge is 0.404 e. The Morgan fingerprint density at radius 3 is 2.46 bits per heavy atom. The molecule has 3 aromatic rings. The topological polar surface area (TPSA) is 192 Å². The van der Waals surface area contributed by atoms with E-state index in [4.69, 9.17) is 26.2 Å². The van der Waals surface area contributed by atoms with E-state index in [0.29, 0.717) is 23.5 Å².